The van der Waals surface area contributed by atoms with Gasteiger partial charge in [0.05, 0.1) is 0 Å². The molecule has 0 rings (SSSR count). The number of allylic oxidation sites excluding steroid dienone is 8. The standard InChI is InChI=1S/C56H100O6/c1-4-7-10-13-16-19-21-23-25-27-28-29-31-32-34-37-40-43-46-49-55(58)61-52-53(51-60-54(57)48-45-42-39-36-18-15-12-9-6-3)62-56(59)50-47-44-41-38-35-33-30-26-24-22-20-17-14-11-8-5-2/h9,12,16,18-19,21,23,36,53H,4-8,10-11,13-15,17,20,22,24-35,37-52H2,1-3H3/b12-9-,19-16-,23-21-,36-18-. The minimum atomic E-state index is -0.783. The summed E-state index contributed by atoms with van der Waals surface area (Å²) in [5, 5.41) is 0. The van der Waals surface area contributed by atoms with Crippen LogP contribution in [-0.4, -0.2) is 37.2 Å². The second kappa shape index (κ2) is 51.0. The summed E-state index contributed by atoms with van der Waals surface area (Å²) in [4.78, 5) is 37.9. The molecule has 0 aliphatic rings. The highest BCUT2D eigenvalue weighted by atomic mass is 16.6. The summed E-state index contributed by atoms with van der Waals surface area (Å²) in [6.07, 6.45) is 61.1. The van der Waals surface area contributed by atoms with E-state index >= 15 is 0 Å². The van der Waals surface area contributed by atoms with E-state index in [9.17, 15) is 14.4 Å². The molecule has 0 aliphatic carbocycles. The lowest BCUT2D eigenvalue weighted by atomic mass is 10.0. The Kier molecular flexibility index (Phi) is 48.8. The molecular formula is C56H100O6. The zero-order valence-electron chi connectivity index (χ0n) is 41.1. The third-order valence-corrected chi connectivity index (χ3v) is 11.6. The molecule has 1 atom stereocenters. The molecule has 0 saturated carbocycles. The smallest absolute Gasteiger partial charge is 0.306 e. The van der Waals surface area contributed by atoms with Gasteiger partial charge in [-0.05, 0) is 70.6 Å². The van der Waals surface area contributed by atoms with Gasteiger partial charge in [-0.15, -0.1) is 0 Å². The van der Waals surface area contributed by atoms with Crippen LogP contribution in [0.5, 0.6) is 0 Å². The van der Waals surface area contributed by atoms with Gasteiger partial charge < -0.3 is 14.2 Å². The van der Waals surface area contributed by atoms with Gasteiger partial charge in [-0.2, -0.15) is 0 Å². The van der Waals surface area contributed by atoms with E-state index in [0.717, 1.165) is 70.6 Å². The maximum absolute atomic E-state index is 12.8. The molecule has 0 fully saturated rings. The van der Waals surface area contributed by atoms with Crippen LogP contribution in [0.15, 0.2) is 48.6 Å². The van der Waals surface area contributed by atoms with Crippen LogP contribution in [0.1, 0.15) is 271 Å². The number of carbonyl (C=O) groups is 3. The Morgan fingerprint density at radius 1 is 0.355 bits per heavy atom. The Labute approximate surface area is 384 Å². The molecular weight excluding hydrogens is 769 g/mol. The van der Waals surface area contributed by atoms with Crippen molar-refractivity contribution in [3.63, 3.8) is 0 Å². The molecule has 0 radical (unpaired) electrons. The normalized spacial score (nSPS) is 12.4. The maximum Gasteiger partial charge on any atom is 0.306 e. The molecule has 0 aromatic carbocycles. The van der Waals surface area contributed by atoms with Crippen molar-refractivity contribution in [2.45, 2.75) is 277 Å². The van der Waals surface area contributed by atoms with Crippen LogP contribution >= 0.6 is 0 Å². The minimum absolute atomic E-state index is 0.0828. The van der Waals surface area contributed by atoms with Crippen molar-refractivity contribution in [3.05, 3.63) is 48.6 Å². The molecule has 0 aromatic rings. The quantitative estimate of drug-likeness (QED) is 0.0199. The number of hydrogen-bond acceptors (Lipinski definition) is 6. The molecule has 0 aromatic heterocycles. The van der Waals surface area contributed by atoms with E-state index in [-0.39, 0.29) is 31.1 Å². The van der Waals surface area contributed by atoms with Crippen molar-refractivity contribution in [3.8, 4) is 0 Å². The van der Waals surface area contributed by atoms with Crippen molar-refractivity contribution in [2.24, 2.45) is 0 Å². The third-order valence-electron chi connectivity index (χ3n) is 11.6. The fraction of sp³-hybridized carbons (Fsp3) is 0.804. The molecule has 0 amide bonds. The predicted molar refractivity (Wildman–Crippen MR) is 265 cm³/mol. The van der Waals surface area contributed by atoms with E-state index in [0.29, 0.717) is 19.3 Å². The first-order valence-corrected chi connectivity index (χ1v) is 26.7. The number of hydrogen-bond donors (Lipinski definition) is 0. The van der Waals surface area contributed by atoms with Crippen LogP contribution in [0.4, 0.5) is 0 Å². The molecule has 6 nitrogen and oxygen atoms in total. The zero-order chi connectivity index (χ0) is 45.1. The van der Waals surface area contributed by atoms with Crippen molar-refractivity contribution >= 4 is 17.9 Å². The minimum Gasteiger partial charge on any atom is -0.462 e. The molecule has 1 unspecified atom stereocenters. The van der Waals surface area contributed by atoms with Crippen LogP contribution in [0.3, 0.4) is 0 Å². The molecule has 0 N–H and O–H groups in total. The SMILES string of the molecule is CC/C=C\C/C=C\CCCCC(=O)OCC(COC(=O)CCCCCCCCCCCC/C=C\C=C/CCCCC)OC(=O)CCCCCCCCCCCCCCCCCC. The van der Waals surface area contributed by atoms with Crippen LogP contribution in [0.2, 0.25) is 0 Å². The topological polar surface area (TPSA) is 78.9 Å². The summed E-state index contributed by atoms with van der Waals surface area (Å²) in [6, 6.07) is 0. The fourth-order valence-electron chi connectivity index (χ4n) is 7.59. The van der Waals surface area contributed by atoms with E-state index in [1.165, 1.54) is 161 Å². The van der Waals surface area contributed by atoms with Gasteiger partial charge in [0.2, 0.25) is 0 Å². The highest BCUT2D eigenvalue weighted by Crippen LogP contribution is 2.16. The van der Waals surface area contributed by atoms with Gasteiger partial charge >= 0.3 is 17.9 Å². The Balaban J connectivity index is 4.28. The highest BCUT2D eigenvalue weighted by Gasteiger charge is 2.19. The zero-order valence-corrected chi connectivity index (χ0v) is 41.1. The van der Waals surface area contributed by atoms with E-state index in [1.54, 1.807) is 0 Å². The number of rotatable bonds is 48. The van der Waals surface area contributed by atoms with Crippen LogP contribution in [-0.2, 0) is 28.6 Å². The molecule has 0 spiro atoms. The third kappa shape index (κ3) is 48.4. The second-order valence-corrected chi connectivity index (χ2v) is 17.8. The van der Waals surface area contributed by atoms with Crippen LogP contribution in [0.25, 0.3) is 0 Å². The van der Waals surface area contributed by atoms with Gasteiger partial charge in [-0.3, -0.25) is 14.4 Å². The summed E-state index contributed by atoms with van der Waals surface area (Å²) >= 11 is 0. The summed E-state index contributed by atoms with van der Waals surface area (Å²) in [5.74, 6) is -0.915. The first kappa shape index (κ1) is 59.4. The van der Waals surface area contributed by atoms with E-state index in [1.807, 2.05) is 0 Å². The first-order chi connectivity index (χ1) is 30.5. The number of ether oxygens (including phenoxy) is 3. The van der Waals surface area contributed by atoms with E-state index in [4.69, 9.17) is 14.2 Å². The van der Waals surface area contributed by atoms with Crippen molar-refractivity contribution in [1.29, 1.82) is 0 Å². The maximum atomic E-state index is 12.8. The Morgan fingerprint density at radius 2 is 0.677 bits per heavy atom. The molecule has 0 heterocycles. The summed E-state index contributed by atoms with van der Waals surface area (Å²) in [5.41, 5.74) is 0. The summed E-state index contributed by atoms with van der Waals surface area (Å²) < 4.78 is 16.8. The molecule has 0 aliphatic heterocycles. The fourth-order valence-corrected chi connectivity index (χ4v) is 7.59. The average Bonchev–Trinajstić information content (AvgIpc) is 3.27. The van der Waals surface area contributed by atoms with Crippen LogP contribution < -0.4 is 0 Å². The largest absolute Gasteiger partial charge is 0.462 e. The van der Waals surface area contributed by atoms with Crippen molar-refractivity contribution in [1.82, 2.24) is 0 Å². The lowest BCUT2D eigenvalue weighted by Gasteiger charge is -2.18. The summed E-state index contributed by atoms with van der Waals surface area (Å²) in [6.45, 7) is 6.48. The van der Waals surface area contributed by atoms with Gasteiger partial charge in [-0.1, -0.05) is 230 Å². The number of carbonyl (C=O) groups excluding carboxylic acids is 3. The molecule has 360 valence electrons. The van der Waals surface area contributed by atoms with Gasteiger partial charge in [0, 0.05) is 19.3 Å². The van der Waals surface area contributed by atoms with Crippen LogP contribution in [0, 0.1) is 0 Å². The second-order valence-electron chi connectivity index (χ2n) is 17.8. The number of esters is 3. The van der Waals surface area contributed by atoms with Crippen molar-refractivity contribution < 1.29 is 28.6 Å². The first-order valence-electron chi connectivity index (χ1n) is 26.7. The average molecular weight is 869 g/mol. The number of unbranched alkanes of at least 4 members (excludes halogenated alkanes) is 30. The Hall–Kier alpha value is -2.63. The van der Waals surface area contributed by atoms with E-state index < -0.39 is 6.10 Å². The Bertz CT molecular complexity index is 1090. The molecule has 62 heavy (non-hydrogen) atoms. The van der Waals surface area contributed by atoms with Gasteiger partial charge in [-0.25, -0.2) is 0 Å². The van der Waals surface area contributed by atoms with Crippen molar-refractivity contribution in [2.75, 3.05) is 13.2 Å². The van der Waals surface area contributed by atoms with Gasteiger partial charge in [0.15, 0.2) is 6.10 Å². The molecule has 0 bridgehead atoms. The molecule has 0 saturated heterocycles. The molecule has 6 heteroatoms. The van der Waals surface area contributed by atoms with Gasteiger partial charge in [0.25, 0.3) is 0 Å². The lowest BCUT2D eigenvalue weighted by Crippen LogP contribution is -2.30. The van der Waals surface area contributed by atoms with E-state index in [2.05, 4.69) is 69.4 Å². The monoisotopic (exact) mass is 869 g/mol. The van der Waals surface area contributed by atoms with Gasteiger partial charge in [0.1, 0.15) is 13.2 Å². The Morgan fingerprint density at radius 3 is 1.13 bits per heavy atom. The predicted octanol–water partition coefficient (Wildman–Crippen LogP) is 17.5. The lowest BCUT2D eigenvalue weighted by molar-refractivity contribution is -0.167. The summed E-state index contributed by atoms with van der Waals surface area (Å²) in [7, 11) is 0. The highest BCUT2D eigenvalue weighted by molar-refractivity contribution is 5.71.